The Morgan fingerprint density at radius 3 is 2.82 bits per heavy atom. The summed E-state index contributed by atoms with van der Waals surface area (Å²) in [4.78, 5) is 10.00. The van der Waals surface area contributed by atoms with E-state index in [9.17, 15) is 0 Å². The quantitative estimate of drug-likeness (QED) is 0.631. The minimum atomic E-state index is 0.0487. The first-order valence-corrected chi connectivity index (χ1v) is 8.24. The molecule has 0 saturated heterocycles. The molecular formula is C15H23N5OS. The highest BCUT2D eigenvalue weighted by Crippen LogP contribution is 2.26. The lowest BCUT2D eigenvalue weighted by Crippen LogP contribution is -2.43. The molecule has 2 aromatic heterocycles. The Hall–Kier alpha value is -1.89. The van der Waals surface area contributed by atoms with Gasteiger partial charge in [0, 0.05) is 30.3 Å². The highest BCUT2D eigenvalue weighted by atomic mass is 32.1. The van der Waals surface area contributed by atoms with E-state index in [0.29, 0.717) is 18.3 Å². The summed E-state index contributed by atoms with van der Waals surface area (Å²) in [6.45, 7) is 10.2. The topological polar surface area (TPSA) is 75.3 Å². The summed E-state index contributed by atoms with van der Waals surface area (Å²) in [6, 6.07) is 4.25. The van der Waals surface area contributed by atoms with Crippen molar-refractivity contribution in [3.8, 4) is 0 Å². The standard InChI is InChI=1S/C15H23N5OS/c1-5-16-14(17-9-13-19-11(2)21-20-13)18-10-15(3,4)12-7-6-8-22-12/h6-8H,5,9-10H2,1-4H3,(H2,16,17,18). The maximum absolute atomic E-state index is 4.95. The fourth-order valence-corrected chi connectivity index (χ4v) is 2.80. The fourth-order valence-electron chi connectivity index (χ4n) is 1.95. The molecule has 7 heteroatoms. The van der Waals surface area contributed by atoms with Gasteiger partial charge in [-0.05, 0) is 18.4 Å². The van der Waals surface area contributed by atoms with Gasteiger partial charge in [0.05, 0.1) is 0 Å². The Labute approximate surface area is 135 Å². The molecule has 0 atom stereocenters. The molecular weight excluding hydrogens is 298 g/mol. The number of nitrogens with one attached hydrogen (secondary N) is 2. The predicted molar refractivity (Wildman–Crippen MR) is 89.2 cm³/mol. The number of rotatable bonds is 6. The molecule has 0 aliphatic heterocycles. The van der Waals surface area contributed by atoms with Gasteiger partial charge in [-0.2, -0.15) is 4.98 Å². The fraction of sp³-hybridized carbons (Fsp3) is 0.533. The van der Waals surface area contributed by atoms with Crippen molar-refractivity contribution in [1.82, 2.24) is 20.8 Å². The molecule has 0 bridgehead atoms. The van der Waals surface area contributed by atoms with Crippen LogP contribution in [0, 0.1) is 6.92 Å². The highest BCUT2D eigenvalue weighted by Gasteiger charge is 2.21. The molecule has 0 amide bonds. The molecule has 2 rings (SSSR count). The highest BCUT2D eigenvalue weighted by molar-refractivity contribution is 7.10. The minimum Gasteiger partial charge on any atom is -0.357 e. The predicted octanol–water partition coefficient (Wildman–Crippen LogP) is 2.47. The maximum Gasteiger partial charge on any atom is 0.223 e. The van der Waals surface area contributed by atoms with Crippen LogP contribution in [0.1, 0.15) is 37.4 Å². The summed E-state index contributed by atoms with van der Waals surface area (Å²) in [5, 5.41) is 12.6. The number of hydrogen-bond acceptors (Lipinski definition) is 5. The second-order valence-corrected chi connectivity index (χ2v) is 6.59. The zero-order valence-electron chi connectivity index (χ0n) is 13.5. The summed E-state index contributed by atoms with van der Waals surface area (Å²) in [5.41, 5.74) is 0.0487. The average Bonchev–Trinajstić information content (AvgIpc) is 3.13. The molecule has 0 radical (unpaired) electrons. The lowest BCUT2D eigenvalue weighted by molar-refractivity contribution is 0.387. The van der Waals surface area contributed by atoms with E-state index in [4.69, 9.17) is 4.52 Å². The van der Waals surface area contributed by atoms with E-state index in [1.807, 2.05) is 6.92 Å². The molecule has 0 aromatic carbocycles. The van der Waals surface area contributed by atoms with Gasteiger partial charge >= 0.3 is 0 Å². The molecule has 22 heavy (non-hydrogen) atoms. The van der Waals surface area contributed by atoms with Crippen molar-refractivity contribution >= 4 is 17.3 Å². The molecule has 0 aliphatic carbocycles. The number of aryl methyl sites for hydroxylation is 1. The van der Waals surface area contributed by atoms with E-state index in [0.717, 1.165) is 19.0 Å². The minimum absolute atomic E-state index is 0.0487. The second kappa shape index (κ2) is 7.40. The number of nitrogens with zero attached hydrogens (tertiary/aromatic N) is 3. The monoisotopic (exact) mass is 321 g/mol. The number of hydrogen-bond donors (Lipinski definition) is 2. The van der Waals surface area contributed by atoms with E-state index in [1.54, 1.807) is 18.3 Å². The molecule has 0 spiro atoms. The van der Waals surface area contributed by atoms with E-state index in [2.05, 4.69) is 57.1 Å². The Morgan fingerprint density at radius 2 is 2.23 bits per heavy atom. The Kier molecular flexibility index (Phi) is 5.54. The molecule has 6 nitrogen and oxygen atoms in total. The summed E-state index contributed by atoms with van der Waals surface area (Å²) in [5.74, 6) is 1.91. The van der Waals surface area contributed by atoms with Crippen LogP contribution in [0.25, 0.3) is 0 Å². The van der Waals surface area contributed by atoms with E-state index in [1.165, 1.54) is 4.88 Å². The summed E-state index contributed by atoms with van der Waals surface area (Å²) in [6.07, 6.45) is 0. The van der Waals surface area contributed by atoms with Crippen LogP contribution in [-0.2, 0) is 12.0 Å². The van der Waals surface area contributed by atoms with Gasteiger partial charge in [0.2, 0.25) is 5.89 Å². The molecule has 2 N–H and O–H groups in total. The Balaban J connectivity index is 1.96. The largest absolute Gasteiger partial charge is 0.357 e. The molecule has 0 aliphatic rings. The number of thiophene rings is 1. The molecule has 2 heterocycles. The van der Waals surface area contributed by atoms with Crippen molar-refractivity contribution in [2.75, 3.05) is 13.1 Å². The van der Waals surface area contributed by atoms with Crippen LogP contribution < -0.4 is 10.6 Å². The van der Waals surface area contributed by atoms with Crippen LogP contribution in [0.15, 0.2) is 27.0 Å². The zero-order valence-corrected chi connectivity index (χ0v) is 14.3. The summed E-state index contributed by atoms with van der Waals surface area (Å²) < 4.78 is 4.95. The first kappa shape index (κ1) is 16.5. The third-order valence-electron chi connectivity index (χ3n) is 3.18. The van der Waals surface area contributed by atoms with Crippen LogP contribution >= 0.6 is 11.3 Å². The summed E-state index contributed by atoms with van der Waals surface area (Å²) in [7, 11) is 0. The second-order valence-electron chi connectivity index (χ2n) is 5.64. The number of aromatic nitrogens is 2. The van der Waals surface area contributed by atoms with Gasteiger partial charge in [-0.15, -0.1) is 11.3 Å². The Morgan fingerprint density at radius 1 is 1.41 bits per heavy atom. The zero-order chi connectivity index (χ0) is 16.0. The third-order valence-corrected chi connectivity index (χ3v) is 4.41. The van der Waals surface area contributed by atoms with Crippen molar-refractivity contribution in [1.29, 1.82) is 0 Å². The first-order valence-electron chi connectivity index (χ1n) is 7.36. The van der Waals surface area contributed by atoms with Crippen molar-refractivity contribution in [2.24, 2.45) is 4.99 Å². The van der Waals surface area contributed by atoms with Crippen LogP contribution in [0.4, 0.5) is 0 Å². The maximum atomic E-state index is 4.95. The van der Waals surface area contributed by atoms with E-state index >= 15 is 0 Å². The number of guanidine groups is 1. The SMILES string of the molecule is CCNC(=NCc1noc(C)n1)NCC(C)(C)c1cccs1. The van der Waals surface area contributed by atoms with Crippen LogP contribution in [0.2, 0.25) is 0 Å². The van der Waals surface area contributed by atoms with Gasteiger partial charge in [0.25, 0.3) is 0 Å². The first-order chi connectivity index (χ1) is 10.5. The van der Waals surface area contributed by atoms with Crippen LogP contribution in [0.5, 0.6) is 0 Å². The molecule has 120 valence electrons. The third kappa shape index (κ3) is 4.56. The summed E-state index contributed by atoms with van der Waals surface area (Å²) >= 11 is 1.78. The van der Waals surface area contributed by atoms with Gasteiger partial charge in [-0.3, -0.25) is 0 Å². The number of aliphatic imine (C=N–C) groups is 1. The molecule has 0 unspecified atom stereocenters. The molecule has 0 saturated carbocycles. The van der Waals surface area contributed by atoms with Crippen molar-refractivity contribution in [3.05, 3.63) is 34.1 Å². The van der Waals surface area contributed by atoms with E-state index < -0.39 is 0 Å². The lowest BCUT2D eigenvalue weighted by Gasteiger charge is -2.25. The van der Waals surface area contributed by atoms with Crippen molar-refractivity contribution < 1.29 is 4.52 Å². The van der Waals surface area contributed by atoms with Gasteiger partial charge < -0.3 is 15.2 Å². The van der Waals surface area contributed by atoms with Crippen molar-refractivity contribution in [2.45, 2.75) is 39.7 Å². The van der Waals surface area contributed by atoms with Gasteiger partial charge in [0.1, 0.15) is 6.54 Å². The van der Waals surface area contributed by atoms with Crippen molar-refractivity contribution in [3.63, 3.8) is 0 Å². The van der Waals surface area contributed by atoms with Gasteiger partial charge in [-0.25, -0.2) is 4.99 Å². The van der Waals surface area contributed by atoms with Gasteiger partial charge in [-0.1, -0.05) is 25.1 Å². The van der Waals surface area contributed by atoms with E-state index in [-0.39, 0.29) is 5.41 Å². The average molecular weight is 321 g/mol. The smallest absolute Gasteiger partial charge is 0.223 e. The lowest BCUT2D eigenvalue weighted by atomic mass is 9.91. The normalized spacial score (nSPS) is 12.5. The molecule has 2 aromatic rings. The van der Waals surface area contributed by atoms with Gasteiger partial charge in [0.15, 0.2) is 11.8 Å². The van der Waals surface area contributed by atoms with Crippen LogP contribution in [0.3, 0.4) is 0 Å². The Bertz CT molecular complexity index is 603. The molecule has 0 fully saturated rings. The van der Waals surface area contributed by atoms with Crippen LogP contribution in [-0.4, -0.2) is 29.2 Å².